The number of furan rings is 1. The first-order valence-corrected chi connectivity index (χ1v) is 5.38. The van der Waals surface area contributed by atoms with E-state index in [4.69, 9.17) is 4.42 Å². The molecule has 0 saturated carbocycles. The number of carbonyl (C=O) groups is 1. The quantitative estimate of drug-likeness (QED) is 0.847. The molecule has 0 saturated heterocycles. The summed E-state index contributed by atoms with van der Waals surface area (Å²) in [5.74, 6) is 0.794. The van der Waals surface area contributed by atoms with Gasteiger partial charge in [0.2, 0.25) is 0 Å². The molecular weight excluding hydrogens is 216 g/mol. The maximum Gasteiger partial charge on any atom is 0.251 e. The summed E-state index contributed by atoms with van der Waals surface area (Å²) in [4.78, 5) is 11.3. The standard InChI is InChI=1S/C13H14N2O2/c1-14-13(16)10-4-6-11(7-5-10)15-9-12-3-2-8-17-12/h2-8,15H,9H2,1H3,(H,14,16). The van der Waals surface area contributed by atoms with Crippen LogP contribution in [0.25, 0.3) is 0 Å². The summed E-state index contributed by atoms with van der Waals surface area (Å²) < 4.78 is 5.21. The number of carbonyl (C=O) groups excluding carboxylic acids is 1. The Morgan fingerprint density at radius 2 is 2.00 bits per heavy atom. The molecule has 0 unspecified atom stereocenters. The van der Waals surface area contributed by atoms with E-state index >= 15 is 0 Å². The molecular formula is C13H14N2O2. The summed E-state index contributed by atoms with van der Waals surface area (Å²) in [6.45, 7) is 0.631. The number of hydrogen-bond donors (Lipinski definition) is 2. The van der Waals surface area contributed by atoms with Crippen LogP contribution in [-0.2, 0) is 6.54 Å². The Balaban J connectivity index is 1.96. The predicted molar refractivity (Wildman–Crippen MR) is 65.9 cm³/mol. The van der Waals surface area contributed by atoms with Gasteiger partial charge in [-0.15, -0.1) is 0 Å². The van der Waals surface area contributed by atoms with Gasteiger partial charge in [-0.1, -0.05) is 0 Å². The summed E-state index contributed by atoms with van der Waals surface area (Å²) in [5.41, 5.74) is 1.60. The lowest BCUT2D eigenvalue weighted by atomic mass is 10.2. The molecule has 88 valence electrons. The first-order chi connectivity index (χ1) is 8.29. The number of benzene rings is 1. The Hall–Kier alpha value is -2.23. The number of anilines is 1. The molecule has 0 spiro atoms. The van der Waals surface area contributed by atoms with Gasteiger partial charge in [-0.25, -0.2) is 0 Å². The van der Waals surface area contributed by atoms with Crippen molar-refractivity contribution in [2.45, 2.75) is 6.54 Å². The highest BCUT2D eigenvalue weighted by molar-refractivity contribution is 5.94. The summed E-state index contributed by atoms with van der Waals surface area (Å²) >= 11 is 0. The maximum absolute atomic E-state index is 11.3. The van der Waals surface area contributed by atoms with Gasteiger partial charge in [0.1, 0.15) is 5.76 Å². The van der Waals surface area contributed by atoms with Crippen LogP contribution in [0.15, 0.2) is 47.1 Å². The van der Waals surface area contributed by atoms with Gasteiger partial charge in [0.25, 0.3) is 5.91 Å². The third kappa shape index (κ3) is 2.87. The summed E-state index contributed by atoms with van der Waals surface area (Å²) in [6, 6.07) is 11.1. The van der Waals surface area contributed by atoms with Crippen molar-refractivity contribution in [3.05, 3.63) is 54.0 Å². The molecule has 1 aromatic carbocycles. The van der Waals surface area contributed by atoms with Gasteiger partial charge >= 0.3 is 0 Å². The minimum absolute atomic E-state index is 0.0809. The monoisotopic (exact) mass is 230 g/mol. The summed E-state index contributed by atoms with van der Waals surface area (Å²) in [6.07, 6.45) is 1.64. The SMILES string of the molecule is CNC(=O)c1ccc(NCc2ccco2)cc1. The maximum atomic E-state index is 11.3. The Morgan fingerprint density at radius 1 is 1.24 bits per heavy atom. The smallest absolute Gasteiger partial charge is 0.251 e. The second-order valence-corrected chi connectivity index (χ2v) is 3.59. The molecule has 0 aliphatic carbocycles. The second-order valence-electron chi connectivity index (χ2n) is 3.59. The Labute approximate surface area is 99.6 Å². The first kappa shape index (κ1) is 11.3. The molecule has 0 bridgehead atoms. The van der Waals surface area contributed by atoms with Crippen LogP contribution < -0.4 is 10.6 Å². The molecule has 2 aromatic rings. The van der Waals surface area contributed by atoms with E-state index in [0.717, 1.165) is 11.4 Å². The van der Waals surface area contributed by atoms with Crippen molar-refractivity contribution >= 4 is 11.6 Å². The summed E-state index contributed by atoms with van der Waals surface area (Å²) in [7, 11) is 1.62. The van der Waals surface area contributed by atoms with Crippen LogP contribution in [0.1, 0.15) is 16.1 Å². The Morgan fingerprint density at radius 3 is 2.59 bits per heavy atom. The predicted octanol–water partition coefficient (Wildman–Crippen LogP) is 2.25. The van der Waals surface area contributed by atoms with Gasteiger partial charge in [-0.05, 0) is 36.4 Å². The number of amides is 1. The molecule has 0 aliphatic heterocycles. The van der Waals surface area contributed by atoms with Crippen molar-refractivity contribution in [3.8, 4) is 0 Å². The fourth-order valence-electron chi connectivity index (χ4n) is 1.49. The highest BCUT2D eigenvalue weighted by atomic mass is 16.3. The van der Waals surface area contributed by atoms with Crippen LogP contribution in [0.4, 0.5) is 5.69 Å². The van der Waals surface area contributed by atoms with Crippen LogP contribution in [0, 0.1) is 0 Å². The average molecular weight is 230 g/mol. The Kier molecular flexibility index (Phi) is 3.45. The van der Waals surface area contributed by atoms with E-state index in [-0.39, 0.29) is 5.91 Å². The normalized spacial score (nSPS) is 9.94. The minimum atomic E-state index is -0.0809. The lowest BCUT2D eigenvalue weighted by Gasteiger charge is -2.05. The molecule has 4 heteroatoms. The van der Waals surface area contributed by atoms with Gasteiger partial charge in [0, 0.05) is 18.3 Å². The second kappa shape index (κ2) is 5.21. The lowest BCUT2D eigenvalue weighted by Crippen LogP contribution is -2.17. The Bertz CT molecular complexity index is 475. The largest absolute Gasteiger partial charge is 0.467 e. The van der Waals surface area contributed by atoms with Crippen LogP contribution in [0.2, 0.25) is 0 Å². The molecule has 1 heterocycles. The van der Waals surface area contributed by atoms with E-state index in [2.05, 4.69) is 10.6 Å². The third-order valence-electron chi connectivity index (χ3n) is 2.42. The van der Waals surface area contributed by atoms with E-state index in [0.29, 0.717) is 12.1 Å². The average Bonchev–Trinajstić information content (AvgIpc) is 2.89. The molecule has 0 radical (unpaired) electrons. The zero-order valence-corrected chi connectivity index (χ0v) is 9.57. The van der Waals surface area contributed by atoms with Crippen LogP contribution in [0.3, 0.4) is 0 Å². The van der Waals surface area contributed by atoms with E-state index in [1.54, 1.807) is 25.4 Å². The fourth-order valence-corrected chi connectivity index (χ4v) is 1.49. The van der Waals surface area contributed by atoms with Crippen molar-refractivity contribution in [1.82, 2.24) is 5.32 Å². The van der Waals surface area contributed by atoms with Gasteiger partial charge in [0.05, 0.1) is 12.8 Å². The van der Waals surface area contributed by atoms with Crippen molar-refractivity contribution in [1.29, 1.82) is 0 Å². The molecule has 17 heavy (non-hydrogen) atoms. The first-order valence-electron chi connectivity index (χ1n) is 5.38. The molecule has 0 fully saturated rings. The van der Waals surface area contributed by atoms with Crippen molar-refractivity contribution in [2.75, 3.05) is 12.4 Å². The molecule has 1 aromatic heterocycles. The topological polar surface area (TPSA) is 54.3 Å². The van der Waals surface area contributed by atoms with Gasteiger partial charge in [-0.3, -0.25) is 4.79 Å². The highest BCUT2D eigenvalue weighted by Crippen LogP contribution is 2.11. The zero-order valence-electron chi connectivity index (χ0n) is 9.57. The van der Waals surface area contributed by atoms with Crippen LogP contribution >= 0.6 is 0 Å². The van der Waals surface area contributed by atoms with E-state index in [9.17, 15) is 4.79 Å². The van der Waals surface area contributed by atoms with Crippen molar-refractivity contribution in [3.63, 3.8) is 0 Å². The van der Waals surface area contributed by atoms with E-state index in [1.165, 1.54) is 0 Å². The number of hydrogen-bond acceptors (Lipinski definition) is 3. The van der Waals surface area contributed by atoms with Gasteiger partial charge in [0.15, 0.2) is 0 Å². The van der Waals surface area contributed by atoms with Gasteiger partial charge in [-0.2, -0.15) is 0 Å². The molecule has 0 aliphatic rings. The molecule has 1 amide bonds. The highest BCUT2D eigenvalue weighted by Gasteiger charge is 2.02. The number of rotatable bonds is 4. The molecule has 4 nitrogen and oxygen atoms in total. The van der Waals surface area contributed by atoms with Gasteiger partial charge < -0.3 is 15.1 Å². The van der Waals surface area contributed by atoms with Crippen molar-refractivity contribution < 1.29 is 9.21 Å². The third-order valence-corrected chi connectivity index (χ3v) is 2.42. The minimum Gasteiger partial charge on any atom is -0.467 e. The van der Waals surface area contributed by atoms with Crippen LogP contribution in [-0.4, -0.2) is 13.0 Å². The number of nitrogens with one attached hydrogen (secondary N) is 2. The van der Waals surface area contributed by atoms with E-state index < -0.39 is 0 Å². The van der Waals surface area contributed by atoms with Crippen molar-refractivity contribution in [2.24, 2.45) is 0 Å². The lowest BCUT2D eigenvalue weighted by molar-refractivity contribution is 0.0963. The summed E-state index contributed by atoms with van der Waals surface area (Å²) in [5, 5.41) is 5.79. The fraction of sp³-hybridized carbons (Fsp3) is 0.154. The van der Waals surface area contributed by atoms with Crippen LogP contribution in [0.5, 0.6) is 0 Å². The molecule has 0 atom stereocenters. The van der Waals surface area contributed by atoms with E-state index in [1.807, 2.05) is 24.3 Å². The molecule has 2 N–H and O–H groups in total. The molecule has 2 rings (SSSR count). The zero-order chi connectivity index (χ0) is 12.1.